The van der Waals surface area contributed by atoms with Crippen molar-refractivity contribution in [2.75, 3.05) is 0 Å². The molecule has 3 aromatic heterocycles. The zero-order valence-corrected chi connectivity index (χ0v) is 13.4. The van der Waals surface area contributed by atoms with E-state index in [0.29, 0.717) is 17.3 Å². The monoisotopic (exact) mass is 373 g/mol. The van der Waals surface area contributed by atoms with E-state index in [2.05, 4.69) is 15.1 Å². The molecule has 7 nitrogen and oxygen atoms in total. The first-order valence-corrected chi connectivity index (χ1v) is 7.68. The van der Waals surface area contributed by atoms with Gasteiger partial charge < -0.3 is 4.98 Å². The van der Waals surface area contributed by atoms with Crippen LogP contribution in [0.1, 0.15) is 5.56 Å². The molecule has 136 valence electrons. The van der Waals surface area contributed by atoms with Crippen molar-refractivity contribution in [1.82, 2.24) is 19.7 Å². The Balaban J connectivity index is 1.84. The number of nitro groups is 1. The van der Waals surface area contributed by atoms with Crippen LogP contribution in [0.4, 0.5) is 18.9 Å². The van der Waals surface area contributed by atoms with Crippen molar-refractivity contribution in [2.45, 2.75) is 6.18 Å². The fourth-order valence-electron chi connectivity index (χ4n) is 2.87. The van der Waals surface area contributed by atoms with Gasteiger partial charge in [-0.25, -0.2) is 9.67 Å². The number of aromatic nitrogens is 4. The number of rotatable bonds is 3. The fourth-order valence-corrected chi connectivity index (χ4v) is 2.87. The number of hydrogen-bond donors (Lipinski definition) is 1. The lowest BCUT2D eigenvalue weighted by molar-refractivity contribution is -0.385. The zero-order valence-electron chi connectivity index (χ0n) is 13.4. The lowest BCUT2D eigenvalue weighted by Crippen LogP contribution is -2.11. The van der Waals surface area contributed by atoms with Gasteiger partial charge in [-0.05, 0) is 23.8 Å². The number of fused-ring (bicyclic) bond motifs is 1. The molecule has 3 heterocycles. The predicted octanol–water partition coefficient (Wildman–Crippen LogP) is 4.34. The summed E-state index contributed by atoms with van der Waals surface area (Å²) in [5.74, 6) is 0. The SMILES string of the molecule is O=[N+]([O-])c1ccc(-n2cc(-c3ccnc4[nH]ccc34)cn2)c(C(F)(F)F)c1. The number of benzene rings is 1. The third-order valence-corrected chi connectivity index (χ3v) is 4.10. The summed E-state index contributed by atoms with van der Waals surface area (Å²) in [6, 6.07) is 6.10. The summed E-state index contributed by atoms with van der Waals surface area (Å²) in [6.45, 7) is 0. The first kappa shape index (κ1) is 16.8. The summed E-state index contributed by atoms with van der Waals surface area (Å²) in [6.07, 6.45) is 1.40. The van der Waals surface area contributed by atoms with Crippen LogP contribution in [-0.4, -0.2) is 24.7 Å². The number of H-pyrrole nitrogens is 1. The van der Waals surface area contributed by atoms with E-state index in [1.165, 1.54) is 12.4 Å². The fraction of sp³-hybridized carbons (Fsp3) is 0.0588. The third kappa shape index (κ3) is 2.90. The summed E-state index contributed by atoms with van der Waals surface area (Å²) in [7, 11) is 0. The van der Waals surface area contributed by atoms with Gasteiger partial charge in [0.05, 0.1) is 22.4 Å². The van der Waals surface area contributed by atoms with Gasteiger partial charge in [-0.1, -0.05) is 0 Å². The van der Waals surface area contributed by atoms with Gasteiger partial charge in [0.15, 0.2) is 0 Å². The van der Waals surface area contributed by atoms with Crippen LogP contribution in [0.15, 0.2) is 55.1 Å². The van der Waals surface area contributed by atoms with Crippen molar-refractivity contribution in [3.63, 3.8) is 0 Å². The number of nitro benzene ring substituents is 1. The van der Waals surface area contributed by atoms with Crippen LogP contribution in [0, 0.1) is 10.1 Å². The molecule has 1 aromatic carbocycles. The van der Waals surface area contributed by atoms with Gasteiger partial charge in [-0.2, -0.15) is 18.3 Å². The second kappa shape index (κ2) is 5.94. The zero-order chi connectivity index (χ0) is 19.2. The highest BCUT2D eigenvalue weighted by Crippen LogP contribution is 2.36. The molecule has 0 aliphatic heterocycles. The molecule has 0 amide bonds. The van der Waals surface area contributed by atoms with Crippen molar-refractivity contribution in [1.29, 1.82) is 0 Å². The second-order valence-electron chi connectivity index (χ2n) is 5.73. The molecule has 0 aliphatic carbocycles. The van der Waals surface area contributed by atoms with E-state index in [1.807, 2.05) is 6.07 Å². The highest BCUT2D eigenvalue weighted by molar-refractivity contribution is 5.92. The minimum atomic E-state index is -4.77. The van der Waals surface area contributed by atoms with Gasteiger partial charge in [-0.15, -0.1) is 0 Å². The minimum absolute atomic E-state index is 0.293. The average molecular weight is 373 g/mol. The van der Waals surface area contributed by atoms with Crippen LogP contribution in [0.25, 0.3) is 27.8 Å². The quantitative estimate of drug-likeness (QED) is 0.427. The van der Waals surface area contributed by atoms with Crippen molar-refractivity contribution in [2.24, 2.45) is 0 Å². The maximum Gasteiger partial charge on any atom is 0.418 e. The molecule has 0 spiro atoms. The number of non-ortho nitro benzene ring substituents is 1. The van der Waals surface area contributed by atoms with Crippen molar-refractivity contribution < 1.29 is 18.1 Å². The van der Waals surface area contributed by atoms with Gasteiger partial charge >= 0.3 is 6.18 Å². The Morgan fingerprint density at radius 3 is 2.74 bits per heavy atom. The molecule has 27 heavy (non-hydrogen) atoms. The standard InChI is InChI=1S/C17H10F3N5O2/c18-17(19,20)14-7-11(25(26)27)1-2-15(14)24-9-10(8-23-24)12-3-5-21-16-13(12)4-6-22-16/h1-9H,(H,21,22). The molecule has 0 fully saturated rings. The summed E-state index contributed by atoms with van der Waals surface area (Å²) in [5.41, 5.74) is -0.0729. The molecule has 0 saturated heterocycles. The van der Waals surface area contributed by atoms with Crippen LogP contribution in [0.2, 0.25) is 0 Å². The molecule has 0 saturated carbocycles. The number of pyridine rings is 1. The molecule has 4 aromatic rings. The number of nitrogens with one attached hydrogen (secondary N) is 1. The lowest BCUT2D eigenvalue weighted by Gasteiger charge is -2.12. The van der Waals surface area contributed by atoms with E-state index in [9.17, 15) is 23.3 Å². The van der Waals surface area contributed by atoms with Gasteiger partial charge in [-0.3, -0.25) is 10.1 Å². The third-order valence-electron chi connectivity index (χ3n) is 4.10. The second-order valence-corrected chi connectivity index (χ2v) is 5.73. The van der Waals surface area contributed by atoms with Crippen LogP contribution < -0.4 is 0 Å². The Kier molecular flexibility index (Phi) is 3.69. The Hall–Kier alpha value is -3.69. The predicted molar refractivity (Wildman–Crippen MR) is 90.3 cm³/mol. The van der Waals surface area contributed by atoms with E-state index < -0.39 is 22.4 Å². The normalized spacial score (nSPS) is 11.8. The number of aromatic amines is 1. The molecule has 0 radical (unpaired) electrons. The highest BCUT2D eigenvalue weighted by atomic mass is 19.4. The topological polar surface area (TPSA) is 89.6 Å². The summed E-state index contributed by atoms with van der Waals surface area (Å²) in [5, 5.41) is 15.6. The van der Waals surface area contributed by atoms with Crippen LogP contribution in [0.5, 0.6) is 0 Å². The van der Waals surface area contributed by atoms with Gasteiger partial charge in [0.2, 0.25) is 0 Å². The number of nitrogens with zero attached hydrogens (tertiary/aromatic N) is 4. The van der Waals surface area contributed by atoms with Crippen molar-refractivity contribution in [3.05, 3.63) is 70.8 Å². The molecule has 0 aliphatic rings. The van der Waals surface area contributed by atoms with E-state index in [0.717, 1.165) is 27.8 Å². The summed E-state index contributed by atoms with van der Waals surface area (Å²) >= 11 is 0. The first-order valence-electron chi connectivity index (χ1n) is 7.68. The highest BCUT2D eigenvalue weighted by Gasteiger charge is 2.36. The van der Waals surface area contributed by atoms with Gasteiger partial charge in [0, 0.05) is 41.7 Å². The molecular weight excluding hydrogens is 363 g/mol. The van der Waals surface area contributed by atoms with Crippen molar-refractivity contribution >= 4 is 16.7 Å². The molecular formula is C17H10F3N5O2. The van der Waals surface area contributed by atoms with Crippen LogP contribution in [-0.2, 0) is 6.18 Å². The first-order chi connectivity index (χ1) is 12.8. The van der Waals surface area contributed by atoms with E-state index in [-0.39, 0.29) is 5.69 Å². The van der Waals surface area contributed by atoms with Gasteiger partial charge in [0.1, 0.15) is 5.65 Å². The van der Waals surface area contributed by atoms with Crippen LogP contribution >= 0.6 is 0 Å². The number of hydrogen-bond acceptors (Lipinski definition) is 4. The summed E-state index contributed by atoms with van der Waals surface area (Å²) < 4.78 is 41.2. The maximum absolute atomic E-state index is 13.4. The van der Waals surface area contributed by atoms with E-state index >= 15 is 0 Å². The Labute approximate surface area is 149 Å². The summed E-state index contributed by atoms with van der Waals surface area (Å²) in [4.78, 5) is 17.1. The Morgan fingerprint density at radius 2 is 2.00 bits per heavy atom. The maximum atomic E-state index is 13.4. The molecule has 10 heteroatoms. The lowest BCUT2D eigenvalue weighted by atomic mass is 10.1. The Morgan fingerprint density at radius 1 is 1.19 bits per heavy atom. The van der Waals surface area contributed by atoms with Crippen molar-refractivity contribution in [3.8, 4) is 16.8 Å². The molecule has 0 unspecified atom stereocenters. The minimum Gasteiger partial charge on any atom is -0.346 e. The Bertz CT molecular complexity index is 1160. The average Bonchev–Trinajstić information content (AvgIpc) is 3.29. The smallest absolute Gasteiger partial charge is 0.346 e. The number of alkyl halides is 3. The largest absolute Gasteiger partial charge is 0.418 e. The van der Waals surface area contributed by atoms with Gasteiger partial charge in [0.25, 0.3) is 5.69 Å². The number of halogens is 3. The van der Waals surface area contributed by atoms with E-state index in [1.54, 1.807) is 18.5 Å². The molecule has 0 atom stereocenters. The van der Waals surface area contributed by atoms with Crippen LogP contribution in [0.3, 0.4) is 0 Å². The molecule has 1 N–H and O–H groups in total. The molecule has 0 bridgehead atoms. The van der Waals surface area contributed by atoms with E-state index in [4.69, 9.17) is 0 Å². The molecule has 4 rings (SSSR count).